The van der Waals surface area contributed by atoms with E-state index in [0.717, 1.165) is 38.6 Å². The van der Waals surface area contributed by atoms with Crippen molar-refractivity contribution in [3.8, 4) is 0 Å². The third-order valence-electron chi connectivity index (χ3n) is 5.01. The van der Waals surface area contributed by atoms with E-state index in [-0.39, 0.29) is 16.5 Å². The van der Waals surface area contributed by atoms with Gasteiger partial charge in [-0.2, -0.15) is 0 Å². The summed E-state index contributed by atoms with van der Waals surface area (Å²) in [5, 5.41) is 21.7. The molecular weight excluding hydrogens is 270 g/mol. The van der Waals surface area contributed by atoms with Crippen molar-refractivity contribution in [3.05, 3.63) is 27.9 Å². The lowest BCUT2D eigenvalue weighted by Gasteiger charge is -2.47. The van der Waals surface area contributed by atoms with E-state index in [9.17, 15) is 15.2 Å². The van der Waals surface area contributed by atoms with Gasteiger partial charge in [0, 0.05) is 30.8 Å². The molecule has 114 valence electrons. The highest BCUT2D eigenvalue weighted by Gasteiger charge is 2.43. The first-order chi connectivity index (χ1) is 9.99. The Bertz CT molecular complexity index is 563. The molecule has 0 spiro atoms. The van der Waals surface area contributed by atoms with Crippen LogP contribution in [0.25, 0.3) is 0 Å². The number of fused-ring (bicyclic) bond motifs is 1. The maximum Gasteiger partial charge on any atom is 0.277 e. The first kappa shape index (κ1) is 14.3. The van der Waals surface area contributed by atoms with Crippen molar-refractivity contribution in [2.75, 3.05) is 18.0 Å². The second kappa shape index (κ2) is 5.26. The minimum absolute atomic E-state index is 0.115. The van der Waals surface area contributed by atoms with Crippen LogP contribution in [0.1, 0.15) is 37.7 Å². The zero-order chi connectivity index (χ0) is 15.0. The summed E-state index contributed by atoms with van der Waals surface area (Å²) in [5.74, 6) is 0.905. The van der Waals surface area contributed by atoms with Crippen molar-refractivity contribution in [1.29, 1.82) is 0 Å². The molecule has 2 atom stereocenters. The van der Waals surface area contributed by atoms with Crippen LogP contribution in [0.4, 0.5) is 11.5 Å². The zero-order valence-corrected chi connectivity index (χ0v) is 12.3. The number of piperidine rings is 1. The van der Waals surface area contributed by atoms with Crippen LogP contribution in [-0.4, -0.2) is 33.7 Å². The molecule has 3 rings (SSSR count). The van der Waals surface area contributed by atoms with E-state index in [1.54, 1.807) is 19.2 Å². The van der Waals surface area contributed by atoms with Crippen LogP contribution in [0.5, 0.6) is 0 Å². The summed E-state index contributed by atoms with van der Waals surface area (Å²) in [5.41, 5.74) is 0.158. The van der Waals surface area contributed by atoms with Gasteiger partial charge < -0.3 is 10.0 Å². The molecule has 2 unspecified atom stereocenters. The number of rotatable bonds is 2. The molecule has 1 aliphatic heterocycles. The van der Waals surface area contributed by atoms with Crippen LogP contribution < -0.4 is 4.90 Å². The molecule has 1 aromatic rings. The molecule has 6 heteroatoms. The van der Waals surface area contributed by atoms with Gasteiger partial charge in [-0.05, 0) is 26.2 Å². The predicted octanol–water partition coefficient (Wildman–Crippen LogP) is 2.43. The quantitative estimate of drug-likeness (QED) is 0.668. The van der Waals surface area contributed by atoms with Gasteiger partial charge in [-0.25, -0.2) is 4.98 Å². The molecule has 21 heavy (non-hydrogen) atoms. The summed E-state index contributed by atoms with van der Waals surface area (Å²) in [6.45, 7) is 3.15. The van der Waals surface area contributed by atoms with Gasteiger partial charge in [0.2, 0.25) is 0 Å². The molecule has 1 saturated carbocycles. The zero-order valence-electron chi connectivity index (χ0n) is 12.3. The van der Waals surface area contributed by atoms with Crippen LogP contribution in [0.15, 0.2) is 12.3 Å². The summed E-state index contributed by atoms with van der Waals surface area (Å²) < 4.78 is 0. The fraction of sp³-hybridized carbons (Fsp3) is 0.667. The number of nitrogens with zero attached hydrogens (tertiary/aromatic N) is 3. The number of aryl methyl sites for hydroxylation is 1. The molecule has 0 amide bonds. The number of hydrogen-bond donors (Lipinski definition) is 1. The summed E-state index contributed by atoms with van der Waals surface area (Å²) in [7, 11) is 0. The normalized spacial score (nSPS) is 29.0. The third kappa shape index (κ3) is 2.60. The molecule has 0 radical (unpaired) electrons. The van der Waals surface area contributed by atoms with Crippen LogP contribution in [-0.2, 0) is 0 Å². The number of nitro groups is 1. The highest BCUT2D eigenvalue weighted by atomic mass is 16.6. The second-order valence-electron chi connectivity index (χ2n) is 6.33. The highest BCUT2D eigenvalue weighted by Crippen LogP contribution is 2.40. The van der Waals surface area contributed by atoms with Crippen molar-refractivity contribution in [2.24, 2.45) is 5.92 Å². The lowest BCUT2D eigenvalue weighted by Crippen LogP contribution is -2.53. The molecule has 2 fully saturated rings. The highest BCUT2D eigenvalue weighted by molar-refractivity contribution is 5.51. The maximum atomic E-state index is 11.1. The van der Waals surface area contributed by atoms with Crippen molar-refractivity contribution < 1.29 is 10.0 Å². The van der Waals surface area contributed by atoms with E-state index in [1.807, 2.05) is 0 Å². The first-order valence-electron chi connectivity index (χ1n) is 7.58. The largest absolute Gasteiger partial charge is 0.389 e. The average molecular weight is 291 g/mol. The molecule has 6 nitrogen and oxygen atoms in total. The van der Waals surface area contributed by atoms with E-state index >= 15 is 0 Å². The van der Waals surface area contributed by atoms with Crippen molar-refractivity contribution in [2.45, 2.75) is 44.6 Å². The molecule has 2 aliphatic rings. The topological polar surface area (TPSA) is 79.5 Å². The van der Waals surface area contributed by atoms with Gasteiger partial charge in [-0.1, -0.05) is 12.8 Å². The van der Waals surface area contributed by atoms with Crippen LogP contribution in [0, 0.1) is 23.0 Å². The third-order valence-corrected chi connectivity index (χ3v) is 5.01. The number of hydrogen-bond acceptors (Lipinski definition) is 5. The number of aromatic nitrogens is 1. The standard InChI is InChI=1S/C15H21N3O3/c1-11-9-16-14(8-13(11)18(20)21)17-7-6-15(19)5-3-2-4-12(15)10-17/h8-9,12,19H,2-7,10H2,1H3. The Balaban J connectivity index is 1.82. The molecule has 1 N–H and O–H groups in total. The number of anilines is 1. The van der Waals surface area contributed by atoms with Gasteiger partial charge >= 0.3 is 0 Å². The van der Waals surface area contributed by atoms with E-state index < -0.39 is 5.60 Å². The Morgan fingerprint density at radius 2 is 2.29 bits per heavy atom. The Morgan fingerprint density at radius 3 is 3.05 bits per heavy atom. The second-order valence-corrected chi connectivity index (χ2v) is 6.33. The molecular formula is C15H21N3O3. The molecule has 1 aromatic heterocycles. The van der Waals surface area contributed by atoms with Gasteiger partial charge in [-0.15, -0.1) is 0 Å². The van der Waals surface area contributed by atoms with Gasteiger partial charge in [0.25, 0.3) is 5.69 Å². The molecule has 1 aliphatic carbocycles. The lowest BCUT2D eigenvalue weighted by molar-refractivity contribution is -0.385. The summed E-state index contributed by atoms with van der Waals surface area (Å²) >= 11 is 0. The van der Waals surface area contributed by atoms with Crippen molar-refractivity contribution >= 4 is 11.5 Å². The number of aliphatic hydroxyl groups is 1. The lowest BCUT2D eigenvalue weighted by atomic mass is 9.71. The van der Waals surface area contributed by atoms with Crippen LogP contribution >= 0.6 is 0 Å². The molecule has 0 aromatic carbocycles. The van der Waals surface area contributed by atoms with Crippen LogP contribution in [0.3, 0.4) is 0 Å². The van der Waals surface area contributed by atoms with Crippen molar-refractivity contribution in [3.63, 3.8) is 0 Å². The van der Waals surface area contributed by atoms with Gasteiger partial charge in [0.15, 0.2) is 0 Å². The minimum atomic E-state index is -0.536. The van der Waals surface area contributed by atoms with Gasteiger partial charge in [0.05, 0.1) is 16.6 Å². The smallest absolute Gasteiger partial charge is 0.277 e. The predicted molar refractivity (Wildman–Crippen MR) is 79.4 cm³/mol. The average Bonchev–Trinajstić information content (AvgIpc) is 2.46. The van der Waals surface area contributed by atoms with Gasteiger partial charge in [-0.3, -0.25) is 10.1 Å². The summed E-state index contributed by atoms with van der Waals surface area (Å²) in [4.78, 5) is 17.1. The summed E-state index contributed by atoms with van der Waals surface area (Å²) in [6.07, 6.45) is 6.45. The van der Waals surface area contributed by atoms with E-state index in [1.165, 1.54) is 0 Å². The minimum Gasteiger partial charge on any atom is -0.389 e. The van der Waals surface area contributed by atoms with E-state index in [0.29, 0.717) is 17.9 Å². The Morgan fingerprint density at radius 1 is 1.48 bits per heavy atom. The first-order valence-corrected chi connectivity index (χ1v) is 7.58. The molecule has 0 bridgehead atoms. The monoisotopic (exact) mass is 291 g/mol. The number of pyridine rings is 1. The van der Waals surface area contributed by atoms with Crippen LogP contribution in [0.2, 0.25) is 0 Å². The summed E-state index contributed by atoms with van der Waals surface area (Å²) in [6, 6.07) is 1.56. The van der Waals surface area contributed by atoms with Crippen molar-refractivity contribution in [1.82, 2.24) is 4.98 Å². The maximum absolute atomic E-state index is 11.1. The van der Waals surface area contributed by atoms with E-state index in [2.05, 4.69) is 9.88 Å². The fourth-order valence-corrected chi connectivity index (χ4v) is 3.65. The fourth-order valence-electron chi connectivity index (χ4n) is 3.65. The van der Waals surface area contributed by atoms with Gasteiger partial charge in [0.1, 0.15) is 5.82 Å². The SMILES string of the molecule is Cc1cnc(N2CCC3(O)CCCCC3C2)cc1[N+](=O)[O-]. The molecule has 1 saturated heterocycles. The van der Waals surface area contributed by atoms with E-state index in [4.69, 9.17) is 0 Å². The Hall–Kier alpha value is -1.69. The Labute approximate surface area is 123 Å². The Kier molecular flexibility index (Phi) is 3.57. The molecule has 2 heterocycles.